The van der Waals surface area contributed by atoms with E-state index in [-0.39, 0.29) is 29.6 Å². The number of aliphatic hydroxyl groups is 1. The maximum Gasteiger partial charge on any atom is 0.242 e. The number of carbonyl (C=O) groups excluding carboxylic acids is 4. The van der Waals surface area contributed by atoms with Crippen LogP contribution in [0, 0.1) is 0 Å². The summed E-state index contributed by atoms with van der Waals surface area (Å²) in [7, 11) is 0. The number of nitrogens with two attached hydrogens (primary N) is 1. The number of aliphatic hydroxyl groups excluding tert-OH is 1. The lowest BCUT2D eigenvalue weighted by Crippen LogP contribution is -2.42. The SMILES string of the molecule is CCN.CCc1ccc(C(C)COc2ccc(CC(C)(SC)C(=O)NC=O)cc2)nc1.CCc1ccc(C(O)COc2ccc(CC(SC)C(=O)NC=O)cc2)nc1. The van der Waals surface area contributed by atoms with Crippen LogP contribution in [0.3, 0.4) is 0 Å². The van der Waals surface area contributed by atoms with Gasteiger partial charge in [0.05, 0.1) is 22.3 Å². The zero-order chi connectivity index (χ0) is 42.9. The third-order valence-corrected chi connectivity index (χ3v) is 11.2. The number of nitrogens with zero attached hydrogens (tertiary/aromatic N) is 2. The predicted molar refractivity (Wildman–Crippen MR) is 234 cm³/mol. The van der Waals surface area contributed by atoms with E-state index in [1.165, 1.54) is 29.1 Å². The molecule has 0 spiro atoms. The quantitative estimate of drug-likeness (QED) is 0.0760. The molecule has 0 aliphatic carbocycles. The first-order chi connectivity index (χ1) is 27.9. The lowest BCUT2D eigenvalue weighted by Gasteiger charge is -2.25. The van der Waals surface area contributed by atoms with Crippen molar-refractivity contribution in [3.8, 4) is 11.5 Å². The first-order valence-corrected chi connectivity index (χ1v) is 21.7. The van der Waals surface area contributed by atoms with Gasteiger partial charge < -0.3 is 20.3 Å². The summed E-state index contributed by atoms with van der Waals surface area (Å²) in [6, 6.07) is 23.0. The molecule has 0 saturated carbocycles. The second kappa shape index (κ2) is 27.0. The fraction of sp³-hybridized carbons (Fsp3) is 0.409. The molecule has 4 rings (SSSR count). The zero-order valence-electron chi connectivity index (χ0n) is 34.6. The van der Waals surface area contributed by atoms with E-state index in [1.807, 2.05) is 81.1 Å². The predicted octanol–water partition coefficient (Wildman–Crippen LogP) is 6.03. The average molecular weight is 834 g/mol. The highest BCUT2D eigenvalue weighted by molar-refractivity contribution is 8.00. The van der Waals surface area contributed by atoms with Gasteiger partial charge in [-0.15, -0.1) is 11.8 Å². The van der Waals surface area contributed by atoms with Crippen LogP contribution in [-0.4, -0.2) is 82.0 Å². The molecule has 2 aromatic heterocycles. The van der Waals surface area contributed by atoms with Gasteiger partial charge in [-0.2, -0.15) is 11.8 Å². The number of hydrogen-bond acceptors (Lipinski definition) is 12. The van der Waals surface area contributed by atoms with E-state index in [9.17, 15) is 24.3 Å². The summed E-state index contributed by atoms with van der Waals surface area (Å²) in [5, 5.41) is 14.3. The Balaban J connectivity index is 0.000000375. The van der Waals surface area contributed by atoms with E-state index >= 15 is 0 Å². The largest absolute Gasteiger partial charge is 0.493 e. The second-order valence-corrected chi connectivity index (χ2v) is 15.7. The maximum atomic E-state index is 12.1. The lowest BCUT2D eigenvalue weighted by atomic mass is 9.99. The number of imide groups is 2. The van der Waals surface area contributed by atoms with Gasteiger partial charge in [0.2, 0.25) is 24.6 Å². The van der Waals surface area contributed by atoms with E-state index in [0.717, 1.165) is 47.5 Å². The molecule has 0 aliphatic heterocycles. The van der Waals surface area contributed by atoms with Crippen molar-refractivity contribution in [3.05, 3.63) is 119 Å². The normalized spacial score (nSPS) is 13.1. The molecule has 0 radical (unpaired) electrons. The molecule has 0 saturated heterocycles. The Kier molecular flexibility index (Phi) is 23.0. The molecule has 2 aromatic carbocycles. The molecule has 4 aromatic rings. The molecular weight excluding hydrogens is 775 g/mol. The Morgan fingerprint density at radius 1 is 0.776 bits per heavy atom. The van der Waals surface area contributed by atoms with E-state index < -0.39 is 10.9 Å². The van der Waals surface area contributed by atoms with E-state index in [0.29, 0.717) is 43.7 Å². The van der Waals surface area contributed by atoms with Gasteiger partial charge in [0, 0.05) is 24.0 Å². The highest BCUT2D eigenvalue weighted by atomic mass is 32.2. The summed E-state index contributed by atoms with van der Waals surface area (Å²) in [6.45, 7) is 11.4. The Labute approximate surface area is 351 Å². The molecule has 314 valence electrons. The molecule has 58 heavy (non-hydrogen) atoms. The van der Waals surface area contributed by atoms with Crippen molar-refractivity contribution in [2.75, 3.05) is 32.3 Å². The molecule has 4 atom stereocenters. The third kappa shape index (κ3) is 17.0. The molecule has 4 unspecified atom stereocenters. The second-order valence-electron chi connectivity index (χ2n) is 13.4. The van der Waals surface area contributed by atoms with Crippen molar-refractivity contribution in [1.82, 2.24) is 20.6 Å². The van der Waals surface area contributed by atoms with Crippen LogP contribution in [0.15, 0.2) is 85.2 Å². The fourth-order valence-electron chi connectivity index (χ4n) is 5.26. The Bertz CT molecular complexity index is 1800. The van der Waals surface area contributed by atoms with Crippen LogP contribution in [0.2, 0.25) is 0 Å². The standard InChI is InChI=1S/C22H28N2O3S.C20H24N2O4S.C2H7N/c1-5-17-8-11-20(23-13-17)16(2)14-27-19-9-6-18(7-10-19)12-22(3,28-4)21(26)24-15-25;1-3-14-6-9-17(21-11-14)18(24)12-26-16-7-4-15(5-8-16)10-19(27-2)20(25)22-13-23;1-2-3/h6-11,13,15-16H,5,12,14H2,1-4H3,(H,24,25,26);4-9,11,13,18-19,24H,3,10,12H2,1-2H3,(H,22,23,25);2-3H2,1H3. The molecular formula is C44H59N5O7S2. The van der Waals surface area contributed by atoms with Gasteiger partial charge in [-0.3, -0.25) is 39.8 Å². The van der Waals surface area contributed by atoms with Crippen LogP contribution in [0.25, 0.3) is 0 Å². The topological polar surface area (TPSA) is 183 Å². The number of nitrogens with one attached hydrogen (secondary N) is 2. The lowest BCUT2D eigenvalue weighted by molar-refractivity contribution is -0.127. The van der Waals surface area contributed by atoms with E-state index in [1.54, 1.807) is 18.3 Å². The molecule has 0 fully saturated rings. The summed E-state index contributed by atoms with van der Waals surface area (Å²) in [4.78, 5) is 53.7. The molecule has 2 heterocycles. The summed E-state index contributed by atoms with van der Waals surface area (Å²) < 4.78 is 10.8. The maximum absolute atomic E-state index is 12.1. The van der Waals surface area contributed by atoms with Crippen LogP contribution < -0.4 is 25.8 Å². The first-order valence-electron chi connectivity index (χ1n) is 19.2. The van der Waals surface area contributed by atoms with E-state index in [4.69, 9.17) is 15.2 Å². The Morgan fingerprint density at radius 3 is 1.71 bits per heavy atom. The zero-order valence-corrected chi connectivity index (χ0v) is 36.2. The minimum atomic E-state index is -0.802. The van der Waals surface area contributed by atoms with Gasteiger partial charge in [-0.05, 0) is 110 Å². The summed E-state index contributed by atoms with van der Waals surface area (Å²) in [6.07, 6.45) is 10.3. The van der Waals surface area contributed by atoms with Crippen molar-refractivity contribution in [1.29, 1.82) is 0 Å². The summed E-state index contributed by atoms with van der Waals surface area (Å²) in [5.41, 5.74) is 10.8. The Hall–Kier alpha value is -4.76. The molecule has 4 amide bonds. The highest BCUT2D eigenvalue weighted by Gasteiger charge is 2.32. The van der Waals surface area contributed by atoms with Crippen LogP contribution in [0.1, 0.15) is 80.3 Å². The molecule has 0 bridgehead atoms. The minimum absolute atomic E-state index is 0.104. The molecule has 0 aliphatic rings. The first kappa shape index (κ1) is 49.4. The smallest absolute Gasteiger partial charge is 0.242 e. The van der Waals surface area contributed by atoms with Crippen LogP contribution in [-0.2, 0) is 44.9 Å². The number of ether oxygens (including phenoxy) is 2. The van der Waals surface area contributed by atoms with Gasteiger partial charge in [0.15, 0.2) is 0 Å². The van der Waals surface area contributed by atoms with Crippen LogP contribution in [0.5, 0.6) is 11.5 Å². The number of aromatic nitrogens is 2. The van der Waals surface area contributed by atoms with Crippen molar-refractivity contribution in [2.45, 2.75) is 82.3 Å². The van der Waals surface area contributed by atoms with Gasteiger partial charge in [0.1, 0.15) is 24.2 Å². The minimum Gasteiger partial charge on any atom is -0.493 e. The van der Waals surface area contributed by atoms with Gasteiger partial charge in [0.25, 0.3) is 0 Å². The van der Waals surface area contributed by atoms with Crippen LogP contribution >= 0.6 is 23.5 Å². The number of hydrogen-bond donors (Lipinski definition) is 4. The Morgan fingerprint density at radius 2 is 1.26 bits per heavy atom. The molecule has 14 heteroatoms. The van der Waals surface area contributed by atoms with Crippen molar-refractivity contribution in [3.63, 3.8) is 0 Å². The number of rotatable bonds is 20. The number of pyridine rings is 2. The summed E-state index contributed by atoms with van der Waals surface area (Å²) >= 11 is 2.81. The average Bonchev–Trinajstić information content (AvgIpc) is 3.25. The van der Waals surface area contributed by atoms with Crippen LogP contribution in [0.4, 0.5) is 0 Å². The van der Waals surface area contributed by atoms with Crippen molar-refractivity contribution >= 4 is 48.2 Å². The van der Waals surface area contributed by atoms with Crippen molar-refractivity contribution in [2.24, 2.45) is 5.73 Å². The fourth-order valence-corrected chi connectivity index (χ4v) is 6.46. The molecule has 12 nitrogen and oxygen atoms in total. The number of aryl methyl sites for hydroxylation is 2. The number of carbonyl (C=O) groups is 4. The third-order valence-electron chi connectivity index (χ3n) is 8.97. The number of thioether (sulfide) groups is 2. The number of benzene rings is 2. The highest BCUT2D eigenvalue weighted by Crippen LogP contribution is 2.28. The van der Waals surface area contributed by atoms with E-state index in [2.05, 4.69) is 53.5 Å². The van der Waals surface area contributed by atoms with Gasteiger partial charge in [-0.1, -0.05) is 64.1 Å². The monoisotopic (exact) mass is 833 g/mol. The molecule has 5 N–H and O–H groups in total. The van der Waals surface area contributed by atoms with Gasteiger partial charge in [-0.25, -0.2) is 0 Å². The van der Waals surface area contributed by atoms with Crippen molar-refractivity contribution < 1.29 is 33.8 Å². The number of amides is 4. The van der Waals surface area contributed by atoms with Gasteiger partial charge >= 0.3 is 0 Å². The summed E-state index contributed by atoms with van der Waals surface area (Å²) in [5.74, 6) is 1.01.